The molecule has 0 spiro atoms. The van der Waals surface area contributed by atoms with Crippen molar-refractivity contribution in [1.29, 1.82) is 0 Å². The molecular weight excluding hydrogens is 552 g/mol. The number of phenolic OH excluding ortho intramolecular Hbond substituents is 4. The summed E-state index contributed by atoms with van der Waals surface area (Å²) in [5.41, 5.74) is -1.24. The molecule has 3 aromatic rings. The van der Waals surface area contributed by atoms with Crippen LogP contribution in [-0.2, 0) is 14.2 Å². The van der Waals surface area contributed by atoms with Gasteiger partial charge in [0, 0.05) is 17.7 Å². The van der Waals surface area contributed by atoms with Gasteiger partial charge in [-0.25, -0.2) is 0 Å². The molecule has 41 heavy (non-hydrogen) atoms. The zero-order valence-corrected chi connectivity index (χ0v) is 21.3. The summed E-state index contributed by atoms with van der Waals surface area (Å²) >= 11 is 0. The molecule has 3 heterocycles. The van der Waals surface area contributed by atoms with Crippen LogP contribution in [0.5, 0.6) is 28.7 Å². The maximum Gasteiger partial charge on any atom is 0.239 e. The molecule has 2 fully saturated rings. The van der Waals surface area contributed by atoms with Gasteiger partial charge < -0.3 is 69.3 Å². The van der Waals surface area contributed by atoms with Crippen LogP contribution in [-0.4, -0.2) is 108 Å². The summed E-state index contributed by atoms with van der Waals surface area (Å²) in [4.78, 5) is 13.7. The van der Waals surface area contributed by atoms with Crippen molar-refractivity contribution in [2.75, 3.05) is 6.61 Å². The second kappa shape index (κ2) is 11.0. The lowest BCUT2D eigenvalue weighted by Gasteiger charge is -2.44. The molecule has 2 saturated heterocycles. The van der Waals surface area contributed by atoms with Crippen molar-refractivity contribution in [2.24, 2.45) is 0 Å². The first-order valence-electron chi connectivity index (χ1n) is 12.4. The Morgan fingerprint density at radius 2 is 1.56 bits per heavy atom. The van der Waals surface area contributed by atoms with Crippen LogP contribution < -0.4 is 10.2 Å². The molecule has 0 bridgehead atoms. The van der Waals surface area contributed by atoms with E-state index in [0.29, 0.717) is 0 Å². The van der Waals surface area contributed by atoms with Gasteiger partial charge in [-0.3, -0.25) is 4.79 Å². The summed E-state index contributed by atoms with van der Waals surface area (Å²) in [6, 6.07) is 5.36. The Morgan fingerprint density at radius 1 is 0.829 bits per heavy atom. The van der Waals surface area contributed by atoms with E-state index >= 15 is 0 Å². The Balaban J connectivity index is 1.61. The zero-order chi connectivity index (χ0) is 29.7. The van der Waals surface area contributed by atoms with Crippen molar-refractivity contribution in [3.05, 3.63) is 40.6 Å². The van der Waals surface area contributed by atoms with Gasteiger partial charge in [0.25, 0.3) is 0 Å². The first-order chi connectivity index (χ1) is 19.4. The molecule has 15 nitrogen and oxygen atoms in total. The number of fused-ring (bicyclic) bond motifs is 1. The third-order valence-corrected chi connectivity index (χ3v) is 6.92. The van der Waals surface area contributed by atoms with Crippen molar-refractivity contribution in [2.45, 2.75) is 62.2 Å². The maximum atomic E-state index is 13.7. The summed E-state index contributed by atoms with van der Waals surface area (Å²) in [5.74, 6) is -3.14. The van der Waals surface area contributed by atoms with Gasteiger partial charge in [0.2, 0.25) is 17.5 Å². The summed E-state index contributed by atoms with van der Waals surface area (Å²) < 4.78 is 28.2. The van der Waals surface area contributed by atoms with E-state index in [1.807, 2.05) is 0 Å². The molecular formula is C26H28O15. The van der Waals surface area contributed by atoms with E-state index in [4.69, 9.17) is 23.4 Å². The van der Waals surface area contributed by atoms with Crippen LogP contribution in [0.15, 0.2) is 39.5 Å². The van der Waals surface area contributed by atoms with Crippen LogP contribution in [0.4, 0.5) is 0 Å². The Bertz CT molecular complexity index is 1490. The Labute approximate surface area is 230 Å². The van der Waals surface area contributed by atoms with Crippen LogP contribution in [0.2, 0.25) is 0 Å². The SMILES string of the molecule is C[C@@H]1O[C@H](Oc2c(-c3ccc(O)c(O)c3)oc3cc(O)cc(O)c3c2=O)[C@@H](O[C@H]2OC[C@H](O)[C@H](O)[C@@H]2O)[C@@H](O)[C@H]1O. The third kappa shape index (κ3) is 5.25. The fourth-order valence-electron chi connectivity index (χ4n) is 4.64. The van der Waals surface area contributed by atoms with Gasteiger partial charge in [0.15, 0.2) is 29.7 Å². The molecule has 0 amide bonds. The monoisotopic (exact) mass is 580 g/mol. The molecule has 0 aliphatic carbocycles. The maximum absolute atomic E-state index is 13.7. The predicted octanol–water partition coefficient (Wildman–Crippen LogP) is -1.05. The smallest absolute Gasteiger partial charge is 0.239 e. The zero-order valence-electron chi connectivity index (χ0n) is 21.3. The van der Waals surface area contributed by atoms with Crippen LogP contribution in [0.1, 0.15) is 6.92 Å². The number of phenols is 4. The quantitative estimate of drug-likeness (QED) is 0.163. The minimum Gasteiger partial charge on any atom is -0.508 e. The van der Waals surface area contributed by atoms with Crippen molar-refractivity contribution in [1.82, 2.24) is 0 Å². The highest BCUT2D eigenvalue weighted by atomic mass is 16.8. The van der Waals surface area contributed by atoms with Crippen LogP contribution >= 0.6 is 0 Å². The number of hydrogen-bond acceptors (Lipinski definition) is 15. The van der Waals surface area contributed by atoms with Crippen LogP contribution in [0.25, 0.3) is 22.3 Å². The number of benzene rings is 2. The van der Waals surface area contributed by atoms with Gasteiger partial charge in [-0.2, -0.15) is 0 Å². The van der Waals surface area contributed by atoms with Crippen LogP contribution in [0.3, 0.4) is 0 Å². The highest BCUT2D eigenvalue weighted by Crippen LogP contribution is 2.39. The molecule has 9 N–H and O–H groups in total. The Hall–Kier alpha value is -3.67. The normalized spacial score (nSPS) is 32.2. The topological polar surface area (TPSA) is 249 Å². The van der Waals surface area contributed by atoms with Gasteiger partial charge in [-0.15, -0.1) is 0 Å². The van der Waals surface area contributed by atoms with Gasteiger partial charge in [-0.05, 0) is 25.1 Å². The average Bonchev–Trinajstić information content (AvgIpc) is 2.92. The number of aliphatic hydroxyl groups is 5. The molecule has 2 aliphatic rings. The van der Waals surface area contributed by atoms with E-state index in [-0.39, 0.29) is 16.9 Å². The van der Waals surface area contributed by atoms with Gasteiger partial charge in [-0.1, -0.05) is 0 Å². The highest BCUT2D eigenvalue weighted by molar-refractivity contribution is 5.88. The molecule has 1 aromatic heterocycles. The minimum absolute atomic E-state index is 0.00203. The highest BCUT2D eigenvalue weighted by Gasteiger charge is 2.49. The largest absolute Gasteiger partial charge is 0.508 e. The van der Waals surface area contributed by atoms with Crippen molar-refractivity contribution >= 4 is 11.0 Å². The van der Waals surface area contributed by atoms with E-state index < -0.39 is 101 Å². The summed E-state index contributed by atoms with van der Waals surface area (Å²) in [5, 5.41) is 91.1. The van der Waals surface area contributed by atoms with Gasteiger partial charge in [0.05, 0.1) is 12.7 Å². The lowest BCUT2D eigenvalue weighted by atomic mass is 9.99. The fraction of sp³-hybridized carbons (Fsp3) is 0.423. The fourth-order valence-corrected chi connectivity index (χ4v) is 4.64. The Kier molecular flexibility index (Phi) is 7.71. The first-order valence-corrected chi connectivity index (χ1v) is 12.4. The first kappa shape index (κ1) is 28.8. The van der Waals surface area contributed by atoms with E-state index in [2.05, 4.69) is 0 Å². The molecule has 15 heteroatoms. The molecule has 2 aromatic carbocycles. The summed E-state index contributed by atoms with van der Waals surface area (Å²) in [6.07, 6.45) is -14.3. The van der Waals surface area contributed by atoms with Crippen LogP contribution in [0, 0.1) is 0 Å². The van der Waals surface area contributed by atoms with Gasteiger partial charge >= 0.3 is 0 Å². The summed E-state index contributed by atoms with van der Waals surface area (Å²) in [6.45, 7) is 0.953. The molecule has 0 saturated carbocycles. The lowest BCUT2D eigenvalue weighted by molar-refractivity contribution is -0.341. The molecule has 0 radical (unpaired) electrons. The lowest BCUT2D eigenvalue weighted by Crippen LogP contribution is -2.62. The van der Waals surface area contributed by atoms with E-state index in [1.165, 1.54) is 13.0 Å². The number of aliphatic hydroxyl groups excluding tert-OH is 5. The van der Waals surface area contributed by atoms with E-state index in [0.717, 1.165) is 24.3 Å². The van der Waals surface area contributed by atoms with Crippen molar-refractivity contribution < 1.29 is 69.3 Å². The average molecular weight is 580 g/mol. The minimum atomic E-state index is -1.78. The van der Waals surface area contributed by atoms with Gasteiger partial charge in [0.1, 0.15) is 53.0 Å². The molecule has 9 atom stereocenters. The molecule has 0 unspecified atom stereocenters. The molecule has 5 rings (SSSR count). The van der Waals surface area contributed by atoms with Crippen molar-refractivity contribution in [3.8, 4) is 40.1 Å². The second-order valence-corrected chi connectivity index (χ2v) is 9.79. The number of rotatable bonds is 5. The third-order valence-electron chi connectivity index (χ3n) is 6.92. The number of aromatic hydroxyl groups is 4. The molecule has 2 aliphatic heterocycles. The van der Waals surface area contributed by atoms with E-state index in [1.54, 1.807) is 0 Å². The number of ether oxygens (including phenoxy) is 4. The summed E-state index contributed by atoms with van der Waals surface area (Å²) in [7, 11) is 0. The van der Waals surface area contributed by atoms with Crippen molar-refractivity contribution in [3.63, 3.8) is 0 Å². The van der Waals surface area contributed by atoms with E-state index in [9.17, 15) is 50.8 Å². The number of hydrogen-bond donors (Lipinski definition) is 9. The Morgan fingerprint density at radius 3 is 2.27 bits per heavy atom. The second-order valence-electron chi connectivity index (χ2n) is 9.79. The predicted molar refractivity (Wildman–Crippen MR) is 134 cm³/mol. The standard InChI is InChI=1S/C26H28O15/c1-8-17(32)20(35)24(41-25-21(36)18(33)14(31)7-37-25)26(38-8)40-23-19(34)16-13(30)5-10(27)6-15(16)39-22(23)9-2-3-11(28)12(29)4-9/h2-6,8,14,17-18,20-21,24-33,35-36H,7H2,1H3/t8-,14-,17-,18-,20-,21-,24-,25+,26+/m0/s1. The molecule has 222 valence electrons.